The van der Waals surface area contributed by atoms with E-state index in [4.69, 9.17) is 0 Å². The van der Waals surface area contributed by atoms with E-state index in [1.807, 2.05) is 0 Å². The van der Waals surface area contributed by atoms with Gasteiger partial charge in [0, 0.05) is 16.6 Å². The van der Waals surface area contributed by atoms with Crippen molar-refractivity contribution in [2.75, 3.05) is 22.6 Å². The van der Waals surface area contributed by atoms with Gasteiger partial charge >= 0.3 is 6.18 Å². The zero-order valence-electron chi connectivity index (χ0n) is 11.2. The van der Waals surface area contributed by atoms with Crippen molar-refractivity contribution in [1.29, 1.82) is 0 Å². The molecule has 0 bridgehead atoms. The predicted octanol–water partition coefficient (Wildman–Crippen LogP) is 3.33. The summed E-state index contributed by atoms with van der Waals surface area (Å²) in [4.78, 5) is 0.531. The van der Waals surface area contributed by atoms with E-state index >= 15 is 0 Å². The first-order chi connectivity index (χ1) is 9.75. The predicted molar refractivity (Wildman–Crippen MR) is 78.5 cm³/mol. The zero-order chi connectivity index (χ0) is 15.5. The number of thioether (sulfide) groups is 1. The molecule has 0 atom stereocenters. The van der Waals surface area contributed by atoms with Crippen LogP contribution in [-0.4, -0.2) is 37.9 Å². The third-order valence-corrected chi connectivity index (χ3v) is 6.05. The van der Waals surface area contributed by atoms with E-state index in [2.05, 4.69) is 5.32 Å². The molecule has 1 N–H and O–H groups in total. The highest BCUT2D eigenvalue weighted by atomic mass is 32.2. The highest BCUT2D eigenvalue weighted by Crippen LogP contribution is 2.33. The SMILES string of the molecule is O=S1(=O)CCC(Nc2ccccc2SCC(F)(F)F)CC1. The monoisotopic (exact) mass is 339 g/mol. The van der Waals surface area contributed by atoms with Crippen molar-refractivity contribution in [3.8, 4) is 0 Å². The molecule has 0 radical (unpaired) electrons. The minimum Gasteiger partial charge on any atom is -0.381 e. The Morgan fingerprint density at radius 1 is 1.19 bits per heavy atom. The number of alkyl halides is 3. The number of rotatable bonds is 4. The Bertz CT molecular complexity index is 573. The molecule has 2 rings (SSSR count). The number of halogens is 3. The van der Waals surface area contributed by atoms with Crippen LogP contribution >= 0.6 is 11.8 Å². The fourth-order valence-electron chi connectivity index (χ4n) is 2.13. The van der Waals surface area contributed by atoms with Gasteiger partial charge in [0.05, 0.1) is 17.3 Å². The molecule has 1 fully saturated rings. The minimum atomic E-state index is -4.21. The van der Waals surface area contributed by atoms with E-state index in [-0.39, 0.29) is 17.5 Å². The number of benzene rings is 1. The number of hydrogen-bond acceptors (Lipinski definition) is 4. The minimum absolute atomic E-state index is 0.0128. The standard InChI is InChI=1S/C13H16F3NO2S2/c14-13(15,16)9-20-12-4-2-1-3-11(12)17-10-5-7-21(18,19)8-6-10/h1-4,10,17H,5-9H2. The summed E-state index contributed by atoms with van der Waals surface area (Å²) in [6, 6.07) is 6.79. The van der Waals surface area contributed by atoms with Crippen LogP contribution in [0.5, 0.6) is 0 Å². The van der Waals surface area contributed by atoms with Gasteiger partial charge in [0.2, 0.25) is 0 Å². The lowest BCUT2D eigenvalue weighted by Gasteiger charge is -2.25. The van der Waals surface area contributed by atoms with E-state index in [0.717, 1.165) is 11.8 Å². The quantitative estimate of drug-likeness (QED) is 0.855. The Labute approximate surface area is 126 Å². The molecule has 0 spiro atoms. The first-order valence-corrected chi connectivity index (χ1v) is 9.31. The number of hydrogen-bond donors (Lipinski definition) is 1. The Morgan fingerprint density at radius 3 is 2.43 bits per heavy atom. The van der Waals surface area contributed by atoms with Crippen LogP contribution in [0.3, 0.4) is 0 Å². The third-order valence-electron chi connectivity index (χ3n) is 3.19. The molecule has 8 heteroatoms. The van der Waals surface area contributed by atoms with E-state index in [0.29, 0.717) is 23.4 Å². The number of sulfone groups is 1. The van der Waals surface area contributed by atoms with Crippen LogP contribution < -0.4 is 5.32 Å². The van der Waals surface area contributed by atoms with E-state index in [1.165, 1.54) is 0 Å². The fourth-order valence-corrected chi connectivity index (χ4v) is 4.39. The highest BCUT2D eigenvalue weighted by molar-refractivity contribution is 7.99. The van der Waals surface area contributed by atoms with Crippen molar-refractivity contribution in [2.24, 2.45) is 0 Å². The van der Waals surface area contributed by atoms with Gasteiger partial charge < -0.3 is 5.32 Å². The van der Waals surface area contributed by atoms with Gasteiger partial charge in [0.1, 0.15) is 9.84 Å². The summed E-state index contributed by atoms with van der Waals surface area (Å²) in [5.41, 5.74) is 0.635. The maximum absolute atomic E-state index is 12.3. The van der Waals surface area contributed by atoms with Crippen molar-refractivity contribution < 1.29 is 21.6 Å². The van der Waals surface area contributed by atoms with Crippen LogP contribution in [0.25, 0.3) is 0 Å². The summed E-state index contributed by atoms with van der Waals surface area (Å²) in [6.45, 7) is 0. The van der Waals surface area contributed by atoms with Gasteiger partial charge in [0.15, 0.2) is 0 Å². The molecule has 1 aliphatic rings. The van der Waals surface area contributed by atoms with Crippen LogP contribution in [0, 0.1) is 0 Å². The van der Waals surface area contributed by atoms with Crippen molar-refractivity contribution in [3.05, 3.63) is 24.3 Å². The normalized spacial score (nSPS) is 19.4. The van der Waals surface area contributed by atoms with Crippen molar-refractivity contribution in [3.63, 3.8) is 0 Å². The average Bonchev–Trinajstić information content (AvgIpc) is 2.39. The van der Waals surface area contributed by atoms with Gasteiger partial charge in [-0.15, -0.1) is 11.8 Å². The summed E-state index contributed by atoms with van der Waals surface area (Å²) >= 11 is 0.737. The number of anilines is 1. The van der Waals surface area contributed by atoms with E-state index < -0.39 is 21.8 Å². The largest absolute Gasteiger partial charge is 0.398 e. The molecule has 118 valence electrons. The topological polar surface area (TPSA) is 46.2 Å². The number of nitrogens with one attached hydrogen (secondary N) is 1. The maximum Gasteiger partial charge on any atom is 0.398 e. The van der Waals surface area contributed by atoms with Crippen LogP contribution in [-0.2, 0) is 9.84 Å². The Hall–Kier alpha value is -0.890. The lowest BCUT2D eigenvalue weighted by atomic mass is 10.1. The van der Waals surface area contributed by atoms with Crippen LogP contribution in [0.4, 0.5) is 18.9 Å². The van der Waals surface area contributed by atoms with Gasteiger partial charge in [-0.05, 0) is 25.0 Å². The molecule has 1 aromatic carbocycles. The molecular weight excluding hydrogens is 323 g/mol. The second-order valence-electron chi connectivity index (χ2n) is 4.97. The second kappa shape index (κ2) is 6.48. The van der Waals surface area contributed by atoms with Gasteiger partial charge in [-0.2, -0.15) is 13.2 Å². The number of para-hydroxylation sites is 1. The highest BCUT2D eigenvalue weighted by Gasteiger charge is 2.28. The summed E-state index contributed by atoms with van der Waals surface area (Å²) in [7, 11) is -2.94. The fraction of sp³-hybridized carbons (Fsp3) is 0.538. The first-order valence-electron chi connectivity index (χ1n) is 6.51. The summed E-state index contributed by atoms with van der Waals surface area (Å²) < 4.78 is 59.7. The average molecular weight is 339 g/mol. The summed E-state index contributed by atoms with van der Waals surface area (Å²) in [5.74, 6) is -0.685. The van der Waals surface area contributed by atoms with Crippen LogP contribution in [0.2, 0.25) is 0 Å². The molecule has 1 heterocycles. The Morgan fingerprint density at radius 2 is 1.81 bits per heavy atom. The summed E-state index contributed by atoms with van der Waals surface area (Å²) in [5, 5.41) is 3.17. The van der Waals surface area contributed by atoms with Gasteiger partial charge in [-0.1, -0.05) is 12.1 Å². The molecule has 0 unspecified atom stereocenters. The van der Waals surface area contributed by atoms with Gasteiger partial charge in [0.25, 0.3) is 0 Å². The smallest absolute Gasteiger partial charge is 0.381 e. The molecule has 0 saturated carbocycles. The van der Waals surface area contributed by atoms with E-state index in [1.54, 1.807) is 24.3 Å². The van der Waals surface area contributed by atoms with Crippen molar-refractivity contribution >= 4 is 27.3 Å². The first kappa shape index (κ1) is 16.5. The lowest BCUT2D eigenvalue weighted by Crippen LogP contribution is -2.32. The maximum atomic E-state index is 12.3. The lowest BCUT2D eigenvalue weighted by molar-refractivity contribution is -0.105. The molecule has 21 heavy (non-hydrogen) atoms. The van der Waals surface area contributed by atoms with Crippen molar-refractivity contribution in [1.82, 2.24) is 0 Å². The molecule has 0 aliphatic carbocycles. The Kier molecular flexibility index (Phi) is 5.08. The molecule has 0 aromatic heterocycles. The van der Waals surface area contributed by atoms with Crippen LogP contribution in [0.1, 0.15) is 12.8 Å². The van der Waals surface area contributed by atoms with E-state index in [9.17, 15) is 21.6 Å². The molecule has 1 aliphatic heterocycles. The van der Waals surface area contributed by atoms with Gasteiger partial charge in [-0.3, -0.25) is 0 Å². The molecule has 1 aromatic rings. The zero-order valence-corrected chi connectivity index (χ0v) is 12.8. The molecule has 3 nitrogen and oxygen atoms in total. The Balaban J connectivity index is 2.00. The molecule has 0 amide bonds. The third kappa shape index (κ3) is 5.43. The van der Waals surface area contributed by atoms with Crippen molar-refractivity contribution in [2.45, 2.75) is 30.0 Å². The summed E-state index contributed by atoms with van der Waals surface area (Å²) in [6.07, 6.45) is -3.24. The second-order valence-corrected chi connectivity index (χ2v) is 8.29. The van der Waals surface area contributed by atoms with Gasteiger partial charge in [-0.25, -0.2) is 8.42 Å². The molecular formula is C13H16F3NO2S2. The van der Waals surface area contributed by atoms with Crippen LogP contribution in [0.15, 0.2) is 29.2 Å². The molecule has 1 saturated heterocycles.